The van der Waals surface area contributed by atoms with E-state index < -0.39 is 11.7 Å². The van der Waals surface area contributed by atoms with E-state index in [1.165, 1.54) is 19.1 Å². The third-order valence-electron chi connectivity index (χ3n) is 4.53. The molecule has 7 heteroatoms. The number of alkyl halides is 3. The first-order chi connectivity index (χ1) is 14.1. The largest absolute Gasteiger partial charge is 0.416 e. The summed E-state index contributed by atoms with van der Waals surface area (Å²) in [5.41, 5.74) is 1.52. The summed E-state index contributed by atoms with van der Waals surface area (Å²) >= 11 is 0. The van der Waals surface area contributed by atoms with Gasteiger partial charge in [0.25, 0.3) is 5.91 Å². The van der Waals surface area contributed by atoms with Crippen molar-refractivity contribution in [3.05, 3.63) is 65.7 Å². The number of halogens is 3. The lowest BCUT2D eigenvalue weighted by atomic mass is 9.95. The third-order valence-corrected chi connectivity index (χ3v) is 4.53. The normalized spacial score (nSPS) is 11.6. The molecule has 0 radical (unpaired) electrons. The van der Waals surface area contributed by atoms with E-state index in [4.69, 9.17) is 0 Å². The van der Waals surface area contributed by atoms with Crippen molar-refractivity contribution in [2.45, 2.75) is 33.0 Å². The Morgan fingerprint density at radius 2 is 1.57 bits per heavy atom. The molecule has 2 amide bonds. The van der Waals surface area contributed by atoms with Crippen LogP contribution >= 0.6 is 0 Å². The van der Waals surface area contributed by atoms with Crippen LogP contribution in [-0.2, 0) is 11.0 Å². The number of hydrogen-bond donors (Lipinski definition) is 2. The lowest BCUT2D eigenvalue weighted by molar-refractivity contribution is -0.137. The molecular formula is C23H21F3N2O2. The van der Waals surface area contributed by atoms with E-state index >= 15 is 0 Å². The molecule has 156 valence electrons. The zero-order valence-corrected chi connectivity index (χ0v) is 16.7. The van der Waals surface area contributed by atoms with Gasteiger partial charge < -0.3 is 10.6 Å². The highest BCUT2D eigenvalue weighted by atomic mass is 19.4. The number of nitrogens with one attached hydrogen (secondary N) is 2. The van der Waals surface area contributed by atoms with Crippen molar-refractivity contribution in [1.29, 1.82) is 0 Å². The molecule has 0 saturated heterocycles. The molecule has 3 aromatic rings. The number of carbonyl (C=O) groups excluding carboxylic acids is 2. The molecule has 30 heavy (non-hydrogen) atoms. The summed E-state index contributed by atoms with van der Waals surface area (Å²) in [6.45, 7) is 5.08. The molecule has 0 saturated carbocycles. The van der Waals surface area contributed by atoms with Crippen LogP contribution in [0.15, 0.2) is 54.6 Å². The minimum absolute atomic E-state index is 0.0403. The molecule has 0 aliphatic rings. The molecule has 0 spiro atoms. The standard InChI is InChI=1S/C23H21F3N2O2/c1-13(2)27-22(30)16-6-9-19-18(10-11-21(20(19)12-16)28-14(3)29)15-4-7-17(8-5-15)23(24,25)26/h4-13H,1-3H3,(H,27,30)(H,28,29). The van der Waals surface area contributed by atoms with Gasteiger partial charge in [0.1, 0.15) is 0 Å². The van der Waals surface area contributed by atoms with Crippen LogP contribution < -0.4 is 10.6 Å². The predicted octanol–water partition coefficient (Wildman–Crippen LogP) is 5.62. The quantitative estimate of drug-likeness (QED) is 0.582. The number of fused-ring (bicyclic) bond motifs is 1. The summed E-state index contributed by atoms with van der Waals surface area (Å²) < 4.78 is 38.6. The molecule has 0 bridgehead atoms. The minimum atomic E-state index is -4.41. The van der Waals surface area contributed by atoms with Crippen molar-refractivity contribution in [3.8, 4) is 11.1 Å². The number of anilines is 1. The zero-order valence-electron chi connectivity index (χ0n) is 16.7. The zero-order chi connectivity index (χ0) is 22.1. The first-order valence-corrected chi connectivity index (χ1v) is 9.39. The Bertz CT molecular complexity index is 1100. The molecule has 4 nitrogen and oxygen atoms in total. The smallest absolute Gasteiger partial charge is 0.350 e. The van der Waals surface area contributed by atoms with Gasteiger partial charge in [0.2, 0.25) is 5.91 Å². The number of hydrogen-bond acceptors (Lipinski definition) is 2. The maximum atomic E-state index is 12.9. The van der Waals surface area contributed by atoms with E-state index in [1.54, 1.807) is 30.3 Å². The molecular weight excluding hydrogens is 393 g/mol. The second-order valence-corrected chi connectivity index (χ2v) is 7.31. The summed E-state index contributed by atoms with van der Waals surface area (Å²) in [5, 5.41) is 6.90. The van der Waals surface area contributed by atoms with Crippen LogP contribution in [0.25, 0.3) is 21.9 Å². The summed E-state index contributed by atoms with van der Waals surface area (Å²) in [5.74, 6) is -0.517. The van der Waals surface area contributed by atoms with E-state index in [0.717, 1.165) is 12.1 Å². The van der Waals surface area contributed by atoms with Gasteiger partial charge in [-0.2, -0.15) is 13.2 Å². The van der Waals surface area contributed by atoms with Crippen LogP contribution in [-0.4, -0.2) is 17.9 Å². The number of rotatable bonds is 4. The van der Waals surface area contributed by atoms with Crippen molar-refractivity contribution < 1.29 is 22.8 Å². The molecule has 0 unspecified atom stereocenters. The lowest BCUT2D eigenvalue weighted by Crippen LogP contribution is -2.30. The first kappa shape index (κ1) is 21.4. The van der Waals surface area contributed by atoms with E-state index in [-0.39, 0.29) is 17.9 Å². The van der Waals surface area contributed by atoms with Gasteiger partial charge in [0.05, 0.1) is 5.56 Å². The Labute approximate surface area is 172 Å². The fourth-order valence-corrected chi connectivity index (χ4v) is 3.22. The highest BCUT2D eigenvalue weighted by Gasteiger charge is 2.30. The maximum absolute atomic E-state index is 12.9. The highest BCUT2D eigenvalue weighted by Crippen LogP contribution is 2.36. The number of carbonyl (C=O) groups is 2. The van der Waals surface area contributed by atoms with Crippen LogP contribution in [0.4, 0.5) is 18.9 Å². The topological polar surface area (TPSA) is 58.2 Å². The van der Waals surface area contributed by atoms with Crippen molar-refractivity contribution >= 4 is 28.3 Å². The van der Waals surface area contributed by atoms with Crippen LogP contribution in [0.2, 0.25) is 0 Å². The second-order valence-electron chi connectivity index (χ2n) is 7.31. The number of benzene rings is 3. The average molecular weight is 414 g/mol. The fraction of sp³-hybridized carbons (Fsp3) is 0.217. The lowest BCUT2D eigenvalue weighted by Gasteiger charge is -2.15. The van der Waals surface area contributed by atoms with E-state index in [1.807, 2.05) is 13.8 Å². The highest BCUT2D eigenvalue weighted by molar-refractivity contribution is 6.10. The van der Waals surface area contributed by atoms with Gasteiger partial charge in [-0.15, -0.1) is 0 Å². The Morgan fingerprint density at radius 3 is 2.13 bits per heavy atom. The van der Waals surface area contributed by atoms with Crippen molar-refractivity contribution in [1.82, 2.24) is 5.32 Å². The molecule has 2 N–H and O–H groups in total. The number of amides is 2. The van der Waals surface area contributed by atoms with Gasteiger partial charge in [0.15, 0.2) is 0 Å². The molecule has 3 rings (SSSR count). The van der Waals surface area contributed by atoms with Crippen molar-refractivity contribution in [3.63, 3.8) is 0 Å². The Morgan fingerprint density at radius 1 is 0.900 bits per heavy atom. The molecule has 0 aromatic heterocycles. The molecule has 0 aliphatic carbocycles. The average Bonchev–Trinajstić information content (AvgIpc) is 2.66. The third kappa shape index (κ3) is 4.62. The monoisotopic (exact) mass is 414 g/mol. The Balaban J connectivity index is 2.14. The molecule has 0 fully saturated rings. The van der Waals surface area contributed by atoms with Crippen molar-refractivity contribution in [2.75, 3.05) is 5.32 Å². The Kier molecular flexibility index (Phi) is 5.82. The van der Waals surface area contributed by atoms with Crippen LogP contribution in [0.3, 0.4) is 0 Å². The molecule has 3 aromatic carbocycles. The predicted molar refractivity (Wildman–Crippen MR) is 111 cm³/mol. The van der Waals surface area contributed by atoms with Gasteiger partial charge in [-0.3, -0.25) is 9.59 Å². The summed E-state index contributed by atoms with van der Waals surface area (Å²) in [7, 11) is 0. The van der Waals surface area contributed by atoms with Crippen LogP contribution in [0.1, 0.15) is 36.7 Å². The minimum Gasteiger partial charge on any atom is -0.350 e. The molecule has 0 aliphatic heterocycles. The summed E-state index contributed by atoms with van der Waals surface area (Å²) in [6, 6.07) is 13.3. The van der Waals surface area contributed by atoms with E-state index in [9.17, 15) is 22.8 Å². The summed E-state index contributed by atoms with van der Waals surface area (Å²) in [4.78, 5) is 24.0. The molecule has 0 atom stereocenters. The SMILES string of the molecule is CC(=O)Nc1ccc(-c2ccc(C(F)(F)F)cc2)c2ccc(C(=O)NC(C)C)cc12. The van der Waals surface area contributed by atoms with E-state index in [0.29, 0.717) is 33.2 Å². The molecule has 0 heterocycles. The first-order valence-electron chi connectivity index (χ1n) is 9.39. The maximum Gasteiger partial charge on any atom is 0.416 e. The van der Waals surface area contributed by atoms with E-state index in [2.05, 4.69) is 10.6 Å². The van der Waals surface area contributed by atoms with Crippen molar-refractivity contribution in [2.24, 2.45) is 0 Å². The van der Waals surface area contributed by atoms with Crippen LogP contribution in [0, 0.1) is 0 Å². The fourth-order valence-electron chi connectivity index (χ4n) is 3.22. The van der Waals surface area contributed by atoms with Gasteiger partial charge in [0, 0.05) is 29.6 Å². The summed E-state index contributed by atoms with van der Waals surface area (Å²) in [6.07, 6.45) is -4.41. The Hall–Kier alpha value is -3.35. The van der Waals surface area contributed by atoms with Gasteiger partial charge in [-0.25, -0.2) is 0 Å². The van der Waals surface area contributed by atoms with Gasteiger partial charge in [-0.1, -0.05) is 24.3 Å². The van der Waals surface area contributed by atoms with Crippen LogP contribution in [0.5, 0.6) is 0 Å². The second kappa shape index (κ2) is 8.18. The van der Waals surface area contributed by atoms with Gasteiger partial charge in [-0.05, 0) is 60.7 Å². The van der Waals surface area contributed by atoms with Gasteiger partial charge >= 0.3 is 6.18 Å².